The molecule has 6 nitrogen and oxygen atoms in total. The minimum Gasteiger partial charge on any atom is -0.468 e. The van der Waals surface area contributed by atoms with Crippen molar-refractivity contribution in [2.75, 3.05) is 0 Å². The van der Waals surface area contributed by atoms with Crippen molar-refractivity contribution in [3.63, 3.8) is 0 Å². The first-order chi connectivity index (χ1) is 13.6. The second kappa shape index (κ2) is 8.02. The van der Waals surface area contributed by atoms with Gasteiger partial charge in [-0.15, -0.1) is 0 Å². The summed E-state index contributed by atoms with van der Waals surface area (Å²) in [5, 5.41) is 3.02. The van der Waals surface area contributed by atoms with Gasteiger partial charge in [0, 0.05) is 18.2 Å². The van der Waals surface area contributed by atoms with Gasteiger partial charge < -0.3 is 14.2 Å². The molecule has 0 saturated heterocycles. The van der Waals surface area contributed by atoms with Crippen LogP contribution in [0.25, 0.3) is 0 Å². The van der Waals surface area contributed by atoms with Crippen LogP contribution in [0.4, 0.5) is 0 Å². The summed E-state index contributed by atoms with van der Waals surface area (Å²) in [5.74, 6) is 2.44. The monoisotopic (exact) mass is 379 g/mol. The molecule has 1 amide bonds. The number of nitrogens with one attached hydrogen (secondary N) is 1. The van der Waals surface area contributed by atoms with E-state index in [0.29, 0.717) is 37.1 Å². The first kappa shape index (κ1) is 18.5. The highest BCUT2D eigenvalue weighted by Gasteiger charge is 2.23. The number of oxazole rings is 1. The zero-order valence-corrected chi connectivity index (χ0v) is 16.3. The molecule has 1 N–H and O–H groups in total. The smallest absolute Gasteiger partial charge is 0.251 e. The van der Waals surface area contributed by atoms with Gasteiger partial charge in [-0.05, 0) is 56.5 Å². The van der Waals surface area contributed by atoms with Gasteiger partial charge in [0.25, 0.3) is 5.91 Å². The van der Waals surface area contributed by atoms with Crippen LogP contribution in [0.3, 0.4) is 0 Å². The third kappa shape index (κ3) is 4.70. The SMILES string of the molecule is Cc1nc(CN(Cc2ccc(C(=O)NC3CC3)cc2)Cc2ccco2)oc1C. The van der Waals surface area contributed by atoms with E-state index >= 15 is 0 Å². The average molecular weight is 379 g/mol. The van der Waals surface area contributed by atoms with Crippen LogP contribution in [0.15, 0.2) is 51.5 Å². The number of furan rings is 1. The summed E-state index contributed by atoms with van der Waals surface area (Å²) in [7, 11) is 0. The maximum absolute atomic E-state index is 12.2. The summed E-state index contributed by atoms with van der Waals surface area (Å²) in [4.78, 5) is 18.9. The average Bonchev–Trinajstić information content (AvgIpc) is 3.22. The first-order valence-electron chi connectivity index (χ1n) is 9.64. The van der Waals surface area contributed by atoms with Crippen molar-refractivity contribution in [1.82, 2.24) is 15.2 Å². The Kier molecular flexibility index (Phi) is 5.30. The molecule has 0 aliphatic heterocycles. The molecule has 28 heavy (non-hydrogen) atoms. The van der Waals surface area contributed by atoms with Crippen molar-refractivity contribution in [2.45, 2.75) is 52.4 Å². The minimum atomic E-state index is 0.00669. The lowest BCUT2D eigenvalue weighted by Crippen LogP contribution is -2.25. The molecule has 6 heteroatoms. The van der Waals surface area contributed by atoms with Gasteiger partial charge in [0.15, 0.2) is 0 Å². The zero-order chi connectivity index (χ0) is 19.5. The molecule has 4 rings (SSSR count). The molecular formula is C22H25N3O3. The summed E-state index contributed by atoms with van der Waals surface area (Å²) in [6.45, 7) is 5.81. The Balaban J connectivity index is 1.45. The molecule has 1 aliphatic carbocycles. The fourth-order valence-corrected chi connectivity index (χ4v) is 3.10. The van der Waals surface area contributed by atoms with Crippen molar-refractivity contribution < 1.29 is 13.6 Å². The summed E-state index contributed by atoms with van der Waals surface area (Å²) >= 11 is 0. The molecule has 0 spiro atoms. The maximum atomic E-state index is 12.2. The maximum Gasteiger partial charge on any atom is 0.251 e. The number of amides is 1. The van der Waals surface area contributed by atoms with Gasteiger partial charge in [-0.25, -0.2) is 4.98 Å². The number of rotatable bonds is 8. The van der Waals surface area contributed by atoms with Gasteiger partial charge in [-0.3, -0.25) is 9.69 Å². The lowest BCUT2D eigenvalue weighted by atomic mass is 10.1. The van der Waals surface area contributed by atoms with Crippen LogP contribution in [0.2, 0.25) is 0 Å². The molecule has 0 radical (unpaired) electrons. The second-order valence-electron chi connectivity index (χ2n) is 7.42. The number of nitrogens with zero attached hydrogens (tertiary/aromatic N) is 2. The van der Waals surface area contributed by atoms with Gasteiger partial charge in [-0.2, -0.15) is 0 Å². The van der Waals surface area contributed by atoms with Gasteiger partial charge in [0.1, 0.15) is 11.5 Å². The van der Waals surface area contributed by atoms with Crippen molar-refractivity contribution in [3.8, 4) is 0 Å². The topological polar surface area (TPSA) is 71.5 Å². The van der Waals surface area contributed by atoms with Gasteiger partial charge in [0.2, 0.25) is 5.89 Å². The number of benzene rings is 1. The van der Waals surface area contributed by atoms with E-state index in [1.807, 2.05) is 50.2 Å². The van der Waals surface area contributed by atoms with E-state index in [1.54, 1.807) is 6.26 Å². The quantitative estimate of drug-likeness (QED) is 0.641. The number of hydrogen-bond donors (Lipinski definition) is 1. The van der Waals surface area contributed by atoms with Crippen LogP contribution in [-0.4, -0.2) is 21.8 Å². The van der Waals surface area contributed by atoms with Crippen LogP contribution < -0.4 is 5.32 Å². The Labute approximate surface area is 164 Å². The molecule has 146 valence electrons. The van der Waals surface area contributed by atoms with Crippen molar-refractivity contribution in [3.05, 3.63) is 76.9 Å². The van der Waals surface area contributed by atoms with E-state index in [9.17, 15) is 4.79 Å². The Morgan fingerprint density at radius 2 is 1.93 bits per heavy atom. The number of carbonyl (C=O) groups excluding carboxylic acids is 1. The van der Waals surface area contributed by atoms with E-state index in [1.165, 1.54) is 0 Å². The van der Waals surface area contributed by atoms with Gasteiger partial charge in [-0.1, -0.05) is 12.1 Å². The van der Waals surface area contributed by atoms with E-state index in [4.69, 9.17) is 8.83 Å². The van der Waals surface area contributed by atoms with Crippen LogP contribution in [-0.2, 0) is 19.6 Å². The number of carbonyl (C=O) groups is 1. The molecule has 1 fully saturated rings. The molecule has 1 aliphatic rings. The first-order valence-corrected chi connectivity index (χ1v) is 9.64. The Bertz CT molecular complexity index is 905. The van der Waals surface area contributed by atoms with Crippen LogP contribution >= 0.6 is 0 Å². The lowest BCUT2D eigenvalue weighted by Gasteiger charge is -2.20. The molecule has 1 saturated carbocycles. The Hall–Kier alpha value is -2.86. The van der Waals surface area contributed by atoms with Crippen LogP contribution in [0, 0.1) is 13.8 Å². The standard InChI is InChI=1S/C22H25N3O3/c1-15-16(2)28-21(23-15)14-25(13-20-4-3-11-27-20)12-17-5-7-18(8-6-17)22(26)24-19-9-10-19/h3-8,11,19H,9-10,12-14H2,1-2H3,(H,24,26). The third-order valence-corrected chi connectivity index (χ3v) is 4.93. The van der Waals surface area contributed by atoms with Crippen LogP contribution in [0.5, 0.6) is 0 Å². The number of hydrogen-bond acceptors (Lipinski definition) is 5. The molecule has 2 aromatic heterocycles. The van der Waals surface area contributed by atoms with E-state index in [-0.39, 0.29) is 5.91 Å². The molecule has 3 aromatic rings. The predicted molar refractivity (Wildman–Crippen MR) is 105 cm³/mol. The van der Waals surface area contributed by atoms with Crippen molar-refractivity contribution in [1.29, 1.82) is 0 Å². The fourth-order valence-electron chi connectivity index (χ4n) is 3.10. The highest BCUT2D eigenvalue weighted by Crippen LogP contribution is 2.20. The summed E-state index contributed by atoms with van der Waals surface area (Å²) < 4.78 is 11.3. The molecule has 2 heterocycles. The molecular weight excluding hydrogens is 354 g/mol. The number of aromatic nitrogens is 1. The largest absolute Gasteiger partial charge is 0.468 e. The van der Waals surface area contributed by atoms with Gasteiger partial charge >= 0.3 is 0 Å². The summed E-state index contributed by atoms with van der Waals surface area (Å²) in [5.41, 5.74) is 2.74. The third-order valence-electron chi connectivity index (χ3n) is 4.93. The normalized spacial score (nSPS) is 13.8. The minimum absolute atomic E-state index is 0.00669. The van der Waals surface area contributed by atoms with Gasteiger partial charge in [0.05, 0.1) is 25.0 Å². The Morgan fingerprint density at radius 3 is 2.54 bits per heavy atom. The van der Waals surface area contributed by atoms with E-state index in [0.717, 1.165) is 35.6 Å². The Morgan fingerprint density at radius 1 is 1.14 bits per heavy atom. The molecule has 0 bridgehead atoms. The summed E-state index contributed by atoms with van der Waals surface area (Å²) in [6.07, 6.45) is 3.86. The van der Waals surface area contributed by atoms with E-state index < -0.39 is 0 Å². The fraction of sp³-hybridized carbons (Fsp3) is 0.364. The molecule has 0 atom stereocenters. The van der Waals surface area contributed by atoms with Crippen molar-refractivity contribution in [2.24, 2.45) is 0 Å². The zero-order valence-electron chi connectivity index (χ0n) is 16.3. The number of aryl methyl sites for hydroxylation is 2. The predicted octanol–water partition coefficient (Wildman–Crippen LogP) is 3.98. The highest BCUT2D eigenvalue weighted by atomic mass is 16.4. The van der Waals surface area contributed by atoms with Crippen LogP contribution in [0.1, 0.15) is 51.9 Å². The molecule has 1 aromatic carbocycles. The van der Waals surface area contributed by atoms with E-state index in [2.05, 4.69) is 15.2 Å². The second-order valence-corrected chi connectivity index (χ2v) is 7.42. The molecule has 0 unspecified atom stereocenters. The lowest BCUT2D eigenvalue weighted by molar-refractivity contribution is 0.0951. The highest BCUT2D eigenvalue weighted by molar-refractivity contribution is 5.94. The van der Waals surface area contributed by atoms with Crippen molar-refractivity contribution >= 4 is 5.91 Å². The summed E-state index contributed by atoms with van der Waals surface area (Å²) in [6, 6.07) is 12.0.